The lowest BCUT2D eigenvalue weighted by atomic mass is 10.2. The number of carboxylic acid groups (broad SMARTS) is 1. The number of nitrogens with zero attached hydrogens (tertiary/aromatic N) is 1. The Labute approximate surface area is 97.4 Å². The van der Waals surface area contributed by atoms with E-state index in [4.69, 9.17) is 16.7 Å². The van der Waals surface area contributed by atoms with Gasteiger partial charge in [0.15, 0.2) is 0 Å². The molecule has 1 rings (SSSR count). The summed E-state index contributed by atoms with van der Waals surface area (Å²) in [7, 11) is 0. The van der Waals surface area contributed by atoms with E-state index in [-0.39, 0.29) is 11.5 Å². The second-order valence-electron chi connectivity index (χ2n) is 3.11. The molecule has 16 heavy (non-hydrogen) atoms. The molecule has 0 aliphatic carbocycles. The Kier molecular flexibility index (Phi) is 4.72. The molecule has 1 aromatic heterocycles. The van der Waals surface area contributed by atoms with E-state index in [0.29, 0.717) is 24.4 Å². The number of hydrogen-bond acceptors (Lipinski definition) is 3. The maximum atomic E-state index is 11.3. The van der Waals surface area contributed by atoms with Crippen LogP contribution in [0.25, 0.3) is 0 Å². The van der Waals surface area contributed by atoms with Gasteiger partial charge in [-0.15, -0.1) is 11.6 Å². The number of halogens is 1. The maximum Gasteiger partial charge on any atom is 0.337 e. The first-order valence-electron chi connectivity index (χ1n) is 4.67. The Morgan fingerprint density at radius 3 is 2.81 bits per heavy atom. The molecule has 0 aromatic carbocycles. The highest BCUT2D eigenvalue weighted by Crippen LogP contribution is 2.09. The summed E-state index contributed by atoms with van der Waals surface area (Å²) >= 11 is 5.45. The van der Waals surface area contributed by atoms with Gasteiger partial charge >= 0.3 is 5.97 Å². The standard InChI is InChI=1S/C10H11ClN2O3/c11-3-1-2-9(14)13-8-4-7(10(15)16)5-12-6-8/h4-6H,1-3H2,(H,13,14)(H,15,16). The van der Waals surface area contributed by atoms with Gasteiger partial charge in [-0.1, -0.05) is 0 Å². The van der Waals surface area contributed by atoms with Crippen LogP contribution in [0.3, 0.4) is 0 Å². The zero-order valence-electron chi connectivity index (χ0n) is 8.44. The molecule has 0 spiro atoms. The van der Waals surface area contributed by atoms with Crippen LogP contribution in [0.2, 0.25) is 0 Å². The zero-order chi connectivity index (χ0) is 12.0. The number of anilines is 1. The van der Waals surface area contributed by atoms with Gasteiger partial charge in [0.25, 0.3) is 0 Å². The number of carbonyl (C=O) groups is 2. The van der Waals surface area contributed by atoms with Crippen LogP contribution < -0.4 is 5.32 Å². The summed E-state index contributed by atoms with van der Waals surface area (Å²) in [6, 6.07) is 1.36. The van der Waals surface area contributed by atoms with Crippen molar-refractivity contribution in [3.05, 3.63) is 24.0 Å². The second kappa shape index (κ2) is 6.07. The lowest BCUT2D eigenvalue weighted by Gasteiger charge is -2.04. The number of hydrogen-bond donors (Lipinski definition) is 2. The van der Waals surface area contributed by atoms with Gasteiger partial charge in [0.1, 0.15) is 0 Å². The third-order valence-electron chi connectivity index (χ3n) is 1.81. The van der Waals surface area contributed by atoms with E-state index in [1.54, 1.807) is 0 Å². The monoisotopic (exact) mass is 242 g/mol. The summed E-state index contributed by atoms with van der Waals surface area (Å²) < 4.78 is 0. The normalized spacial score (nSPS) is 9.81. The molecule has 1 heterocycles. The third kappa shape index (κ3) is 3.86. The lowest BCUT2D eigenvalue weighted by Crippen LogP contribution is -2.12. The summed E-state index contributed by atoms with van der Waals surface area (Å²) in [5.41, 5.74) is 0.412. The van der Waals surface area contributed by atoms with Crippen LogP contribution in [0.15, 0.2) is 18.5 Å². The fourth-order valence-electron chi connectivity index (χ4n) is 1.08. The molecule has 0 atom stereocenters. The fourth-order valence-corrected chi connectivity index (χ4v) is 1.21. The van der Waals surface area contributed by atoms with Crippen LogP contribution in [0.1, 0.15) is 23.2 Å². The van der Waals surface area contributed by atoms with Crippen molar-refractivity contribution in [2.45, 2.75) is 12.8 Å². The van der Waals surface area contributed by atoms with E-state index in [1.165, 1.54) is 18.5 Å². The second-order valence-corrected chi connectivity index (χ2v) is 3.49. The van der Waals surface area contributed by atoms with Crippen molar-refractivity contribution in [2.75, 3.05) is 11.2 Å². The van der Waals surface area contributed by atoms with E-state index in [9.17, 15) is 9.59 Å². The summed E-state index contributed by atoms with van der Waals surface area (Å²) in [6.07, 6.45) is 3.50. The number of alkyl halides is 1. The number of rotatable bonds is 5. The van der Waals surface area contributed by atoms with Gasteiger partial charge in [-0.05, 0) is 12.5 Å². The third-order valence-corrected chi connectivity index (χ3v) is 2.07. The van der Waals surface area contributed by atoms with Crippen molar-refractivity contribution >= 4 is 29.2 Å². The highest BCUT2D eigenvalue weighted by atomic mass is 35.5. The Balaban J connectivity index is 2.63. The van der Waals surface area contributed by atoms with Gasteiger partial charge in [-0.3, -0.25) is 9.78 Å². The number of nitrogens with one attached hydrogen (secondary N) is 1. The van der Waals surface area contributed by atoms with Crippen molar-refractivity contribution in [3.63, 3.8) is 0 Å². The average molecular weight is 243 g/mol. The maximum absolute atomic E-state index is 11.3. The van der Waals surface area contributed by atoms with Crippen molar-refractivity contribution < 1.29 is 14.7 Å². The Morgan fingerprint density at radius 2 is 2.19 bits per heavy atom. The molecule has 0 bridgehead atoms. The predicted octanol–water partition coefficient (Wildman–Crippen LogP) is 1.74. The number of amides is 1. The molecule has 2 N–H and O–H groups in total. The van der Waals surface area contributed by atoms with Gasteiger partial charge in [-0.25, -0.2) is 4.79 Å². The van der Waals surface area contributed by atoms with Crippen molar-refractivity contribution in [2.24, 2.45) is 0 Å². The minimum absolute atomic E-state index is 0.0372. The van der Waals surface area contributed by atoms with Crippen LogP contribution in [0.5, 0.6) is 0 Å². The molecular formula is C10H11ClN2O3. The summed E-state index contributed by atoms with van der Waals surface area (Å²) in [5.74, 6) is -0.866. The Morgan fingerprint density at radius 1 is 1.44 bits per heavy atom. The van der Waals surface area contributed by atoms with Crippen LogP contribution in [-0.2, 0) is 4.79 Å². The summed E-state index contributed by atoms with van der Waals surface area (Å²) in [5, 5.41) is 11.3. The van der Waals surface area contributed by atoms with Gasteiger partial charge in [0.05, 0.1) is 17.4 Å². The number of pyridine rings is 1. The van der Waals surface area contributed by atoms with Crippen molar-refractivity contribution in [3.8, 4) is 0 Å². The summed E-state index contributed by atoms with van der Waals surface area (Å²) in [6.45, 7) is 0. The molecule has 0 saturated carbocycles. The van der Waals surface area contributed by atoms with Crippen molar-refractivity contribution in [1.82, 2.24) is 4.98 Å². The van der Waals surface area contributed by atoms with Gasteiger partial charge in [-0.2, -0.15) is 0 Å². The van der Waals surface area contributed by atoms with E-state index < -0.39 is 5.97 Å². The Bertz CT molecular complexity index is 395. The van der Waals surface area contributed by atoms with Crippen molar-refractivity contribution in [1.29, 1.82) is 0 Å². The minimum Gasteiger partial charge on any atom is -0.478 e. The van der Waals surface area contributed by atoms with Crippen LogP contribution in [0.4, 0.5) is 5.69 Å². The first kappa shape index (κ1) is 12.4. The quantitative estimate of drug-likeness (QED) is 0.771. The van der Waals surface area contributed by atoms with Crippen LogP contribution in [0, 0.1) is 0 Å². The smallest absolute Gasteiger partial charge is 0.337 e. The molecule has 0 fully saturated rings. The molecule has 0 aliphatic rings. The van der Waals surface area contributed by atoms with Crippen LogP contribution >= 0.6 is 11.6 Å². The fraction of sp³-hybridized carbons (Fsp3) is 0.300. The molecule has 86 valence electrons. The van der Waals surface area contributed by atoms with Gasteiger partial charge < -0.3 is 10.4 Å². The molecule has 0 saturated heterocycles. The number of aromatic carboxylic acids is 1. The molecule has 1 amide bonds. The lowest BCUT2D eigenvalue weighted by molar-refractivity contribution is -0.116. The number of carbonyl (C=O) groups excluding carboxylic acids is 1. The first-order chi connectivity index (χ1) is 7.63. The van der Waals surface area contributed by atoms with E-state index >= 15 is 0 Å². The highest BCUT2D eigenvalue weighted by molar-refractivity contribution is 6.18. The Hall–Kier alpha value is -1.62. The number of carboxylic acids is 1. The van der Waals surface area contributed by atoms with Gasteiger partial charge in [0.2, 0.25) is 5.91 Å². The van der Waals surface area contributed by atoms with E-state index in [0.717, 1.165) is 0 Å². The van der Waals surface area contributed by atoms with E-state index in [2.05, 4.69) is 10.3 Å². The molecular weight excluding hydrogens is 232 g/mol. The average Bonchev–Trinajstić information content (AvgIpc) is 2.26. The molecule has 0 aliphatic heterocycles. The predicted molar refractivity (Wildman–Crippen MR) is 59.8 cm³/mol. The summed E-state index contributed by atoms with van der Waals surface area (Å²) in [4.78, 5) is 25.7. The largest absolute Gasteiger partial charge is 0.478 e. The molecule has 0 radical (unpaired) electrons. The number of aromatic nitrogens is 1. The SMILES string of the molecule is O=C(CCCCl)Nc1cncc(C(=O)O)c1. The zero-order valence-corrected chi connectivity index (χ0v) is 9.20. The first-order valence-corrected chi connectivity index (χ1v) is 5.21. The van der Waals surface area contributed by atoms with Crippen LogP contribution in [-0.4, -0.2) is 27.8 Å². The van der Waals surface area contributed by atoms with Gasteiger partial charge in [0, 0.05) is 18.5 Å². The molecule has 1 aromatic rings. The topological polar surface area (TPSA) is 79.3 Å². The minimum atomic E-state index is -1.08. The highest BCUT2D eigenvalue weighted by Gasteiger charge is 2.06. The molecule has 5 nitrogen and oxygen atoms in total. The molecule has 6 heteroatoms. The van der Waals surface area contributed by atoms with E-state index in [1.807, 2.05) is 0 Å². The molecule has 0 unspecified atom stereocenters.